The number of ether oxygens (including phenoxy) is 1. The van der Waals surface area contributed by atoms with Crippen molar-refractivity contribution in [1.29, 1.82) is 0 Å². The Bertz CT molecular complexity index is 1290. The van der Waals surface area contributed by atoms with Crippen molar-refractivity contribution < 1.29 is 21.6 Å². The molecule has 3 N–H and O–H groups in total. The molecule has 10 heteroatoms. The van der Waals surface area contributed by atoms with Crippen molar-refractivity contribution in [3.05, 3.63) is 54.6 Å². The first-order valence-corrected chi connectivity index (χ1v) is 12.1. The first-order valence-electron chi connectivity index (χ1n) is 9.16. The Morgan fingerprint density at radius 2 is 1.53 bits per heavy atom. The second-order valence-electron chi connectivity index (χ2n) is 6.31. The third-order valence-electron chi connectivity index (χ3n) is 4.52. The molecular formula is C20H23N3O5S2. The fraction of sp³-hybridized carbons (Fsp3) is 0.200. The number of hydrogen-bond acceptors (Lipinski definition) is 6. The molecule has 0 unspecified atom stereocenters. The summed E-state index contributed by atoms with van der Waals surface area (Å²) >= 11 is 0. The van der Waals surface area contributed by atoms with Gasteiger partial charge in [0.15, 0.2) is 0 Å². The molecule has 0 aliphatic carbocycles. The molecule has 0 bridgehead atoms. The predicted octanol–water partition coefficient (Wildman–Crippen LogP) is 2.99. The van der Waals surface area contributed by atoms with Crippen LogP contribution in [0.2, 0.25) is 0 Å². The summed E-state index contributed by atoms with van der Waals surface area (Å²) in [4.78, 5) is 0.00346. The normalized spacial score (nSPS) is 12.0. The van der Waals surface area contributed by atoms with Crippen LogP contribution in [0, 0.1) is 0 Å². The number of nitrogens with one attached hydrogen (secondary N) is 3. The summed E-state index contributed by atoms with van der Waals surface area (Å²) in [5, 5.41) is 4.04. The number of sulfonamides is 2. The van der Waals surface area contributed by atoms with Crippen LogP contribution >= 0.6 is 0 Å². The molecule has 0 radical (unpaired) electrons. The highest BCUT2D eigenvalue weighted by atomic mass is 32.2. The second-order valence-corrected chi connectivity index (χ2v) is 9.85. The zero-order valence-electron chi connectivity index (χ0n) is 16.8. The first kappa shape index (κ1) is 21.9. The van der Waals surface area contributed by atoms with Crippen molar-refractivity contribution in [3.8, 4) is 5.75 Å². The highest BCUT2D eigenvalue weighted by molar-refractivity contribution is 7.93. The third-order valence-corrected chi connectivity index (χ3v) is 7.35. The maximum absolute atomic E-state index is 13.2. The molecule has 0 atom stereocenters. The summed E-state index contributed by atoms with van der Waals surface area (Å²) < 4.78 is 61.1. The van der Waals surface area contributed by atoms with Gasteiger partial charge < -0.3 is 10.1 Å². The molecule has 0 spiro atoms. The van der Waals surface area contributed by atoms with Crippen LogP contribution < -0.4 is 19.5 Å². The molecule has 0 fully saturated rings. The van der Waals surface area contributed by atoms with E-state index in [0.29, 0.717) is 28.8 Å². The maximum Gasteiger partial charge on any atom is 0.262 e. The lowest BCUT2D eigenvalue weighted by Gasteiger charge is -2.16. The Kier molecular flexibility index (Phi) is 6.20. The van der Waals surface area contributed by atoms with E-state index >= 15 is 0 Å². The molecule has 3 aromatic rings. The summed E-state index contributed by atoms with van der Waals surface area (Å²) in [7, 11) is -4.87. The van der Waals surface area contributed by atoms with Crippen molar-refractivity contribution in [1.82, 2.24) is 4.72 Å². The molecule has 0 aromatic heterocycles. The Morgan fingerprint density at radius 1 is 0.833 bits per heavy atom. The van der Waals surface area contributed by atoms with Crippen LogP contribution in [0.3, 0.4) is 0 Å². The van der Waals surface area contributed by atoms with Gasteiger partial charge in [0.05, 0.1) is 27.8 Å². The van der Waals surface area contributed by atoms with Crippen LogP contribution in [0.15, 0.2) is 64.4 Å². The van der Waals surface area contributed by atoms with E-state index in [4.69, 9.17) is 4.74 Å². The number of rotatable bonds is 8. The van der Waals surface area contributed by atoms with Crippen LogP contribution in [0.5, 0.6) is 5.75 Å². The molecule has 0 aliphatic heterocycles. The lowest BCUT2D eigenvalue weighted by Crippen LogP contribution is -2.20. The van der Waals surface area contributed by atoms with E-state index < -0.39 is 20.0 Å². The minimum atomic E-state index is -4.03. The van der Waals surface area contributed by atoms with Gasteiger partial charge in [-0.15, -0.1) is 0 Å². The fourth-order valence-corrected chi connectivity index (χ4v) is 5.11. The van der Waals surface area contributed by atoms with Crippen LogP contribution in [0.1, 0.15) is 6.92 Å². The molecule has 0 saturated carbocycles. The second kappa shape index (κ2) is 8.50. The van der Waals surface area contributed by atoms with Gasteiger partial charge in [0.1, 0.15) is 5.75 Å². The molecule has 0 heterocycles. The number of hydrogen-bond donors (Lipinski definition) is 3. The Hall–Kier alpha value is -2.82. The lowest BCUT2D eigenvalue weighted by molar-refractivity contribution is 0.344. The molecule has 30 heavy (non-hydrogen) atoms. The number of anilines is 2. The highest BCUT2D eigenvalue weighted by Gasteiger charge is 2.22. The van der Waals surface area contributed by atoms with Crippen molar-refractivity contribution in [3.63, 3.8) is 0 Å². The molecule has 0 aliphatic rings. The smallest absolute Gasteiger partial charge is 0.262 e. The standard InChI is InChI=1S/C20H23N3O5S2/c1-4-28-19-11-12-20(16-8-6-5-7-15(16)19)30(26,27)23-18-13-14(29(24,25)22-3)9-10-17(18)21-2/h5-13,21-23H,4H2,1-3H3. The monoisotopic (exact) mass is 449 g/mol. The van der Waals surface area contributed by atoms with Gasteiger partial charge in [-0.05, 0) is 44.3 Å². The van der Waals surface area contributed by atoms with Crippen molar-refractivity contribution in [2.24, 2.45) is 0 Å². The van der Waals surface area contributed by atoms with E-state index in [0.717, 1.165) is 0 Å². The van der Waals surface area contributed by atoms with Crippen molar-refractivity contribution >= 4 is 42.2 Å². The van der Waals surface area contributed by atoms with Gasteiger partial charge in [-0.3, -0.25) is 4.72 Å². The maximum atomic E-state index is 13.2. The lowest BCUT2D eigenvalue weighted by atomic mass is 10.1. The zero-order chi connectivity index (χ0) is 21.9. The van der Waals surface area contributed by atoms with Gasteiger partial charge >= 0.3 is 0 Å². The summed E-state index contributed by atoms with van der Waals surface area (Å²) in [5.41, 5.74) is 0.552. The number of fused-ring (bicyclic) bond motifs is 1. The summed E-state index contributed by atoms with van der Waals surface area (Å²) in [5.74, 6) is 0.588. The average molecular weight is 450 g/mol. The molecule has 3 aromatic carbocycles. The predicted molar refractivity (Wildman–Crippen MR) is 118 cm³/mol. The Morgan fingerprint density at radius 3 is 2.17 bits per heavy atom. The van der Waals surface area contributed by atoms with Crippen LogP contribution in [-0.4, -0.2) is 37.5 Å². The summed E-state index contributed by atoms with van der Waals surface area (Å²) in [6.07, 6.45) is 0. The van der Waals surface area contributed by atoms with E-state index in [1.54, 1.807) is 37.4 Å². The largest absolute Gasteiger partial charge is 0.493 e. The van der Waals surface area contributed by atoms with E-state index in [1.807, 2.05) is 6.92 Å². The summed E-state index contributed by atoms with van der Waals surface area (Å²) in [6.45, 7) is 2.30. The third kappa shape index (κ3) is 4.20. The highest BCUT2D eigenvalue weighted by Crippen LogP contribution is 2.33. The Balaban J connectivity index is 2.12. The SMILES string of the molecule is CCOc1ccc(S(=O)(=O)Nc2cc(S(=O)(=O)NC)ccc2NC)c2ccccc12. The Labute approximate surface area is 176 Å². The van der Waals surface area contributed by atoms with Crippen molar-refractivity contribution in [2.75, 3.05) is 30.7 Å². The van der Waals surface area contributed by atoms with Gasteiger partial charge in [0, 0.05) is 17.8 Å². The molecular weight excluding hydrogens is 426 g/mol. The molecule has 8 nitrogen and oxygen atoms in total. The van der Waals surface area contributed by atoms with Crippen LogP contribution in [0.4, 0.5) is 11.4 Å². The molecule has 3 rings (SSSR count). The van der Waals surface area contributed by atoms with Gasteiger partial charge in [0.2, 0.25) is 10.0 Å². The van der Waals surface area contributed by atoms with E-state index in [9.17, 15) is 16.8 Å². The first-order chi connectivity index (χ1) is 14.2. The molecule has 0 amide bonds. The minimum Gasteiger partial charge on any atom is -0.493 e. The van der Waals surface area contributed by atoms with Gasteiger partial charge in [-0.25, -0.2) is 21.6 Å². The van der Waals surface area contributed by atoms with Gasteiger partial charge in [-0.1, -0.05) is 24.3 Å². The van der Waals surface area contributed by atoms with Gasteiger partial charge in [-0.2, -0.15) is 0 Å². The number of benzene rings is 3. The van der Waals surface area contributed by atoms with Crippen LogP contribution in [0.25, 0.3) is 10.8 Å². The quantitative estimate of drug-likeness (QED) is 0.487. The van der Waals surface area contributed by atoms with Crippen molar-refractivity contribution in [2.45, 2.75) is 16.7 Å². The summed E-state index contributed by atoms with van der Waals surface area (Å²) in [6, 6.07) is 14.3. The molecule has 160 valence electrons. The topological polar surface area (TPSA) is 114 Å². The molecule has 0 saturated heterocycles. The average Bonchev–Trinajstić information content (AvgIpc) is 2.73. The van der Waals surface area contributed by atoms with E-state index in [2.05, 4.69) is 14.8 Å². The van der Waals surface area contributed by atoms with Gasteiger partial charge in [0.25, 0.3) is 10.0 Å². The fourth-order valence-electron chi connectivity index (χ4n) is 3.07. The zero-order valence-corrected chi connectivity index (χ0v) is 18.4. The van der Waals surface area contributed by atoms with Crippen LogP contribution in [-0.2, 0) is 20.0 Å². The minimum absolute atomic E-state index is 0.0572. The van der Waals surface area contributed by atoms with E-state index in [-0.39, 0.29) is 15.5 Å². The van der Waals surface area contributed by atoms with E-state index in [1.165, 1.54) is 31.3 Å².